The van der Waals surface area contributed by atoms with Crippen molar-refractivity contribution in [1.29, 1.82) is 0 Å². The van der Waals surface area contributed by atoms with Crippen LogP contribution in [0.25, 0.3) is 0 Å². The van der Waals surface area contributed by atoms with Gasteiger partial charge in [-0.25, -0.2) is 4.79 Å². The fourth-order valence-corrected chi connectivity index (χ4v) is 1.31. The lowest BCUT2D eigenvalue weighted by Crippen LogP contribution is -2.23. The minimum atomic E-state index is -0.965. The van der Waals surface area contributed by atoms with Crippen LogP contribution in [0.3, 0.4) is 0 Å². The lowest BCUT2D eigenvalue weighted by Gasteiger charge is -2.12. The number of rotatable bonds is 3. The van der Waals surface area contributed by atoms with Gasteiger partial charge in [-0.05, 0) is 18.6 Å². The van der Waals surface area contributed by atoms with Crippen LogP contribution >= 0.6 is 0 Å². The van der Waals surface area contributed by atoms with E-state index in [0.29, 0.717) is 5.56 Å². The molecule has 0 bridgehead atoms. The van der Waals surface area contributed by atoms with Crippen LogP contribution in [0.1, 0.15) is 27.5 Å². The van der Waals surface area contributed by atoms with Gasteiger partial charge in [-0.1, -0.05) is 17.7 Å². The summed E-state index contributed by atoms with van der Waals surface area (Å²) in [5.41, 5.74) is 12.8. The molecule has 0 heterocycles. The van der Waals surface area contributed by atoms with E-state index >= 15 is 0 Å². The quantitative estimate of drug-likeness (QED) is 0.659. The summed E-state index contributed by atoms with van der Waals surface area (Å²) in [6.07, 6.45) is 0. The number of aromatic carboxylic acids is 1. The van der Waals surface area contributed by atoms with E-state index in [9.17, 15) is 4.79 Å². The summed E-state index contributed by atoms with van der Waals surface area (Å²) >= 11 is 0. The molecule has 1 atom stereocenters. The minimum Gasteiger partial charge on any atom is -0.478 e. The first-order chi connectivity index (χ1) is 6.56. The molecule has 0 radical (unpaired) electrons. The number of carbonyl (C=O) groups is 1. The third-order valence-corrected chi connectivity index (χ3v) is 2.09. The van der Waals surface area contributed by atoms with Gasteiger partial charge in [0.2, 0.25) is 0 Å². The molecular formula is C10H14N2O2. The van der Waals surface area contributed by atoms with E-state index in [4.69, 9.17) is 16.6 Å². The molecule has 0 aliphatic carbocycles. The van der Waals surface area contributed by atoms with E-state index in [1.54, 1.807) is 12.1 Å². The highest BCUT2D eigenvalue weighted by Crippen LogP contribution is 2.17. The molecule has 14 heavy (non-hydrogen) atoms. The third-order valence-electron chi connectivity index (χ3n) is 2.09. The Balaban J connectivity index is 3.21. The number of carboxylic acids is 1. The van der Waals surface area contributed by atoms with Gasteiger partial charge >= 0.3 is 5.97 Å². The minimum absolute atomic E-state index is 0.239. The van der Waals surface area contributed by atoms with Crippen LogP contribution in [0.15, 0.2) is 18.2 Å². The maximum absolute atomic E-state index is 10.9. The summed E-state index contributed by atoms with van der Waals surface area (Å²) in [4.78, 5) is 10.9. The smallest absolute Gasteiger partial charge is 0.336 e. The summed E-state index contributed by atoms with van der Waals surface area (Å²) < 4.78 is 0. The summed E-state index contributed by atoms with van der Waals surface area (Å²) in [5, 5.41) is 8.94. The van der Waals surface area contributed by atoms with Gasteiger partial charge in [-0.15, -0.1) is 0 Å². The first-order valence-electron chi connectivity index (χ1n) is 4.35. The van der Waals surface area contributed by atoms with Gasteiger partial charge in [-0.3, -0.25) is 0 Å². The van der Waals surface area contributed by atoms with Crippen molar-refractivity contribution in [3.63, 3.8) is 0 Å². The molecule has 4 nitrogen and oxygen atoms in total. The van der Waals surface area contributed by atoms with Crippen molar-refractivity contribution in [2.24, 2.45) is 11.5 Å². The summed E-state index contributed by atoms with van der Waals surface area (Å²) in [6.45, 7) is 2.08. The average Bonchev–Trinajstić information content (AvgIpc) is 2.16. The molecule has 0 amide bonds. The fourth-order valence-electron chi connectivity index (χ4n) is 1.31. The molecule has 0 spiro atoms. The summed E-state index contributed by atoms with van der Waals surface area (Å²) in [5.74, 6) is -0.965. The molecule has 0 saturated heterocycles. The SMILES string of the molecule is Cc1ccc([C@@H](N)CN)c(C(=O)O)c1. The van der Waals surface area contributed by atoms with Crippen molar-refractivity contribution in [2.75, 3.05) is 6.54 Å². The predicted molar refractivity (Wildman–Crippen MR) is 54.1 cm³/mol. The van der Waals surface area contributed by atoms with Crippen LogP contribution in [0.5, 0.6) is 0 Å². The highest BCUT2D eigenvalue weighted by Gasteiger charge is 2.14. The van der Waals surface area contributed by atoms with E-state index in [-0.39, 0.29) is 12.1 Å². The number of benzene rings is 1. The molecule has 76 valence electrons. The maximum Gasteiger partial charge on any atom is 0.336 e. The highest BCUT2D eigenvalue weighted by molar-refractivity contribution is 5.89. The average molecular weight is 194 g/mol. The van der Waals surface area contributed by atoms with E-state index < -0.39 is 12.0 Å². The molecule has 0 saturated carbocycles. The molecule has 0 aliphatic heterocycles. The van der Waals surface area contributed by atoms with Gasteiger partial charge in [0.15, 0.2) is 0 Å². The Bertz CT molecular complexity index is 350. The van der Waals surface area contributed by atoms with Crippen molar-refractivity contribution in [3.05, 3.63) is 34.9 Å². The van der Waals surface area contributed by atoms with Crippen LogP contribution in [-0.4, -0.2) is 17.6 Å². The zero-order chi connectivity index (χ0) is 10.7. The lowest BCUT2D eigenvalue weighted by atomic mass is 9.99. The van der Waals surface area contributed by atoms with Gasteiger partial charge in [-0.2, -0.15) is 0 Å². The molecule has 0 unspecified atom stereocenters. The second-order valence-corrected chi connectivity index (χ2v) is 3.24. The fraction of sp³-hybridized carbons (Fsp3) is 0.300. The molecule has 1 aromatic carbocycles. The monoisotopic (exact) mass is 194 g/mol. The van der Waals surface area contributed by atoms with Crippen LogP contribution in [-0.2, 0) is 0 Å². The van der Waals surface area contributed by atoms with E-state index in [1.807, 2.05) is 13.0 Å². The normalized spacial score (nSPS) is 12.5. The van der Waals surface area contributed by atoms with Crippen molar-refractivity contribution in [1.82, 2.24) is 0 Å². The number of hydrogen-bond acceptors (Lipinski definition) is 3. The van der Waals surface area contributed by atoms with Crippen molar-refractivity contribution in [2.45, 2.75) is 13.0 Å². The van der Waals surface area contributed by atoms with E-state index in [0.717, 1.165) is 5.56 Å². The van der Waals surface area contributed by atoms with E-state index in [1.165, 1.54) is 0 Å². The van der Waals surface area contributed by atoms with Crippen LogP contribution in [0.4, 0.5) is 0 Å². The number of nitrogens with two attached hydrogens (primary N) is 2. The maximum atomic E-state index is 10.9. The van der Waals surface area contributed by atoms with Crippen molar-refractivity contribution >= 4 is 5.97 Å². The van der Waals surface area contributed by atoms with Crippen molar-refractivity contribution < 1.29 is 9.90 Å². The Hall–Kier alpha value is -1.39. The second kappa shape index (κ2) is 4.21. The van der Waals surface area contributed by atoms with Gasteiger partial charge in [0, 0.05) is 12.6 Å². The van der Waals surface area contributed by atoms with Gasteiger partial charge in [0.1, 0.15) is 0 Å². The number of aryl methyl sites for hydroxylation is 1. The van der Waals surface area contributed by atoms with E-state index in [2.05, 4.69) is 0 Å². The Kier molecular flexibility index (Phi) is 3.22. The Morgan fingerprint density at radius 2 is 2.21 bits per heavy atom. The lowest BCUT2D eigenvalue weighted by molar-refractivity contribution is 0.0695. The Labute approximate surface area is 82.5 Å². The Morgan fingerprint density at radius 3 is 2.71 bits per heavy atom. The van der Waals surface area contributed by atoms with Crippen molar-refractivity contribution in [3.8, 4) is 0 Å². The molecule has 0 aromatic heterocycles. The zero-order valence-electron chi connectivity index (χ0n) is 8.03. The van der Waals surface area contributed by atoms with Gasteiger partial charge < -0.3 is 16.6 Å². The first-order valence-corrected chi connectivity index (χ1v) is 4.35. The molecule has 5 N–H and O–H groups in total. The molecule has 4 heteroatoms. The summed E-state index contributed by atoms with van der Waals surface area (Å²) in [7, 11) is 0. The third kappa shape index (κ3) is 2.10. The largest absolute Gasteiger partial charge is 0.478 e. The van der Waals surface area contributed by atoms with Crippen LogP contribution in [0, 0.1) is 6.92 Å². The second-order valence-electron chi connectivity index (χ2n) is 3.24. The van der Waals surface area contributed by atoms with Crippen LogP contribution in [0.2, 0.25) is 0 Å². The zero-order valence-corrected chi connectivity index (χ0v) is 8.03. The van der Waals surface area contributed by atoms with Gasteiger partial charge in [0.05, 0.1) is 5.56 Å². The molecular weight excluding hydrogens is 180 g/mol. The van der Waals surface area contributed by atoms with Crippen LogP contribution < -0.4 is 11.5 Å². The topological polar surface area (TPSA) is 89.3 Å². The molecule has 1 rings (SSSR count). The summed E-state index contributed by atoms with van der Waals surface area (Å²) in [6, 6.07) is 4.74. The number of carboxylic acid groups (broad SMARTS) is 1. The molecule has 0 aliphatic rings. The first kappa shape index (κ1) is 10.7. The number of hydrogen-bond donors (Lipinski definition) is 3. The van der Waals surface area contributed by atoms with Gasteiger partial charge in [0.25, 0.3) is 0 Å². The standard InChI is InChI=1S/C10H14N2O2/c1-6-2-3-7(9(12)5-11)8(4-6)10(13)14/h2-4,9H,5,11-12H2,1H3,(H,13,14)/t9-/m0/s1. The molecule has 0 fully saturated rings. The highest BCUT2D eigenvalue weighted by atomic mass is 16.4. The predicted octanol–water partition coefficient (Wildman–Crippen LogP) is 0.652. The Morgan fingerprint density at radius 1 is 1.57 bits per heavy atom. The molecule has 1 aromatic rings.